The summed E-state index contributed by atoms with van der Waals surface area (Å²) in [7, 11) is 0. The third-order valence-electron chi connectivity index (χ3n) is 4.28. The summed E-state index contributed by atoms with van der Waals surface area (Å²) in [5.74, 6) is 0.180. The SMILES string of the molecule is Cc1ccc(C)c(NCCC(=O)NC2CCCCCC2)c1. The molecule has 1 saturated carbocycles. The molecule has 0 saturated heterocycles. The molecule has 0 heterocycles. The maximum absolute atomic E-state index is 12.0. The van der Waals surface area contributed by atoms with Crippen molar-refractivity contribution in [2.45, 2.75) is 64.8 Å². The van der Waals surface area contributed by atoms with Gasteiger partial charge in [0.15, 0.2) is 0 Å². The van der Waals surface area contributed by atoms with Crippen LogP contribution < -0.4 is 10.6 Å². The first-order valence-electron chi connectivity index (χ1n) is 8.25. The number of benzene rings is 1. The quantitative estimate of drug-likeness (QED) is 0.806. The summed E-state index contributed by atoms with van der Waals surface area (Å²) in [5, 5.41) is 6.57. The first kappa shape index (κ1) is 15.9. The minimum Gasteiger partial charge on any atom is -0.384 e. The molecule has 21 heavy (non-hydrogen) atoms. The maximum atomic E-state index is 12.0. The fraction of sp³-hybridized carbons (Fsp3) is 0.611. The van der Waals surface area contributed by atoms with Crippen LogP contribution in [-0.2, 0) is 4.79 Å². The van der Waals surface area contributed by atoms with Gasteiger partial charge in [-0.25, -0.2) is 0 Å². The van der Waals surface area contributed by atoms with E-state index in [4.69, 9.17) is 0 Å². The number of rotatable bonds is 5. The lowest BCUT2D eigenvalue weighted by molar-refractivity contribution is -0.121. The molecule has 0 atom stereocenters. The molecule has 2 N–H and O–H groups in total. The van der Waals surface area contributed by atoms with Crippen LogP contribution in [0.15, 0.2) is 18.2 Å². The molecular weight excluding hydrogens is 260 g/mol. The number of hydrogen-bond acceptors (Lipinski definition) is 2. The average Bonchev–Trinajstić information content (AvgIpc) is 2.71. The lowest BCUT2D eigenvalue weighted by atomic mass is 10.1. The molecule has 1 amide bonds. The Kier molecular flexibility index (Phi) is 6.09. The molecule has 1 aliphatic rings. The van der Waals surface area contributed by atoms with Crippen LogP contribution in [0.2, 0.25) is 0 Å². The zero-order valence-electron chi connectivity index (χ0n) is 13.4. The fourth-order valence-electron chi connectivity index (χ4n) is 2.96. The highest BCUT2D eigenvalue weighted by atomic mass is 16.1. The van der Waals surface area contributed by atoms with Gasteiger partial charge in [0.05, 0.1) is 0 Å². The largest absolute Gasteiger partial charge is 0.384 e. The number of amides is 1. The molecule has 0 spiro atoms. The second kappa shape index (κ2) is 8.06. The molecule has 1 aromatic rings. The molecule has 1 aliphatic carbocycles. The van der Waals surface area contributed by atoms with E-state index in [1.54, 1.807) is 0 Å². The van der Waals surface area contributed by atoms with Crippen LogP contribution in [0.5, 0.6) is 0 Å². The number of carbonyl (C=O) groups excluding carboxylic acids is 1. The number of anilines is 1. The third kappa shape index (κ3) is 5.41. The number of aryl methyl sites for hydroxylation is 2. The van der Waals surface area contributed by atoms with Crippen LogP contribution in [0.4, 0.5) is 5.69 Å². The molecule has 3 nitrogen and oxygen atoms in total. The zero-order chi connectivity index (χ0) is 15.1. The Morgan fingerprint density at radius 3 is 2.57 bits per heavy atom. The van der Waals surface area contributed by atoms with Gasteiger partial charge in [-0.15, -0.1) is 0 Å². The number of nitrogens with one attached hydrogen (secondary N) is 2. The molecule has 1 aromatic carbocycles. The van der Waals surface area contributed by atoms with Crippen LogP contribution >= 0.6 is 0 Å². The van der Waals surface area contributed by atoms with Gasteiger partial charge in [0.1, 0.15) is 0 Å². The van der Waals surface area contributed by atoms with Crippen LogP contribution in [0, 0.1) is 13.8 Å². The van der Waals surface area contributed by atoms with E-state index in [1.165, 1.54) is 36.8 Å². The van der Waals surface area contributed by atoms with E-state index in [1.807, 2.05) is 0 Å². The van der Waals surface area contributed by atoms with Crippen LogP contribution in [0.25, 0.3) is 0 Å². The molecule has 2 rings (SSSR count). The molecule has 0 aliphatic heterocycles. The predicted octanol–water partition coefficient (Wildman–Crippen LogP) is 3.94. The maximum Gasteiger partial charge on any atom is 0.221 e. The van der Waals surface area contributed by atoms with Crippen molar-refractivity contribution < 1.29 is 4.79 Å². The highest BCUT2D eigenvalue weighted by molar-refractivity contribution is 5.76. The smallest absolute Gasteiger partial charge is 0.221 e. The standard InChI is InChI=1S/C18H28N2O/c1-14-9-10-15(2)17(13-14)19-12-11-18(21)20-16-7-5-3-4-6-8-16/h9-10,13,16,19H,3-8,11-12H2,1-2H3,(H,20,21). The minimum atomic E-state index is 0.180. The van der Waals surface area contributed by atoms with Crippen molar-refractivity contribution in [2.24, 2.45) is 0 Å². The van der Waals surface area contributed by atoms with Crippen molar-refractivity contribution in [3.05, 3.63) is 29.3 Å². The van der Waals surface area contributed by atoms with Crippen molar-refractivity contribution in [3.63, 3.8) is 0 Å². The topological polar surface area (TPSA) is 41.1 Å². The molecule has 1 fully saturated rings. The van der Waals surface area contributed by atoms with Gasteiger partial charge in [-0.05, 0) is 43.9 Å². The number of carbonyl (C=O) groups is 1. The summed E-state index contributed by atoms with van der Waals surface area (Å²) in [4.78, 5) is 12.0. The number of hydrogen-bond donors (Lipinski definition) is 2. The van der Waals surface area contributed by atoms with E-state index in [0.717, 1.165) is 18.5 Å². The van der Waals surface area contributed by atoms with Crippen molar-refractivity contribution in [1.82, 2.24) is 5.32 Å². The van der Waals surface area contributed by atoms with Gasteiger partial charge in [0, 0.05) is 24.7 Å². The Labute approximate surface area is 128 Å². The highest BCUT2D eigenvalue weighted by Crippen LogP contribution is 2.18. The lowest BCUT2D eigenvalue weighted by Crippen LogP contribution is -2.35. The van der Waals surface area contributed by atoms with E-state index < -0.39 is 0 Å². The molecule has 0 bridgehead atoms. The second-order valence-corrected chi connectivity index (χ2v) is 6.25. The van der Waals surface area contributed by atoms with Crippen LogP contribution in [0.1, 0.15) is 56.1 Å². The Hall–Kier alpha value is -1.51. The van der Waals surface area contributed by atoms with Gasteiger partial charge >= 0.3 is 0 Å². The van der Waals surface area contributed by atoms with Crippen LogP contribution in [0.3, 0.4) is 0 Å². The summed E-state index contributed by atoms with van der Waals surface area (Å²) in [6.45, 7) is 4.87. The molecule has 116 valence electrons. The van der Waals surface area contributed by atoms with Gasteiger partial charge < -0.3 is 10.6 Å². The minimum absolute atomic E-state index is 0.180. The summed E-state index contributed by atoms with van der Waals surface area (Å²) >= 11 is 0. The van der Waals surface area contributed by atoms with Gasteiger partial charge in [0.2, 0.25) is 5.91 Å². The summed E-state index contributed by atoms with van der Waals surface area (Å²) in [6.07, 6.45) is 7.99. The van der Waals surface area contributed by atoms with Crippen molar-refractivity contribution in [1.29, 1.82) is 0 Å². The van der Waals surface area contributed by atoms with E-state index >= 15 is 0 Å². The van der Waals surface area contributed by atoms with E-state index in [-0.39, 0.29) is 5.91 Å². The first-order valence-corrected chi connectivity index (χ1v) is 8.25. The Morgan fingerprint density at radius 1 is 1.14 bits per heavy atom. The van der Waals surface area contributed by atoms with Gasteiger partial charge in [-0.3, -0.25) is 4.79 Å². The normalized spacial score (nSPS) is 16.3. The lowest BCUT2D eigenvalue weighted by Gasteiger charge is -2.16. The summed E-state index contributed by atoms with van der Waals surface area (Å²) in [5.41, 5.74) is 3.60. The Bertz CT molecular complexity index is 462. The molecule has 0 unspecified atom stereocenters. The van der Waals surface area contributed by atoms with Gasteiger partial charge in [-0.1, -0.05) is 37.8 Å². The second-order valence-electron chi connectivity index (χ2n) is 6.25. The van der Waals surface area contributed by atoms with E-state index in [2.05, 4.69) is 42.7 Å². The van der Waals surface area contributed by atoms with E-state index in [0.29, 0.717) is 19.0 Å². The van der Waals surface area contributed by atoms with E-state index in [9.17, 15) is 4.79 Å². The van der Waals surface area contributed by atoms with Crippen LogP contribution in [-0.4, -0.2) is 18.5 Å². The molecular formula is C18H28N2O. The zero-order valence-corrected chi connectivity index (χ0v) is 13.4. The van der Waals surface area contributed by atoms with Crippen molar-refractivity contribution in [2.75, 3.05) is 11.9 Å². The van der Waals surface area contributed by atoms with Gasteiger partial charge in [-0.2, -0.15) is 0 Å². The Balaban J connectivity index is 1.72. The molecule has 0 aromatic heterocycles. The third-order valence-corrected chi connectivity index (χ3v) is 4.28. The van der Waals surface area contributed by atoms with Crippen molar-refractivity contribution in [3.8, 4) is 0 Å². The monoisotopic (exact) mass is 288 g/mol. The van der Waals surface area contributed by atoms with Gasteiger partial charge in [0.25, 0.3) is 0 Å². The molecule has 3 heteroatoms. The molecule has 0 radical (unpaired) electrons. The highest BCUT2D eigenvalue weighted by Gasteiger charge is 2.14. The average molecular weight is 288 g/mol. The summed E-state index contributed by atoms with van der Waals surface area (Å²) in [6, 6.07) is 6.77. The predicted molar refractivity (Wildman–Crippen MR) is 88.7 cm³/mol. The van der Waals surface area contributed by atoms with Crippen molar-refractivity contribution >= 4 is 11.6 Å². The fourth-order valence-corrected chi connectivity index (χ4v) is 2.96. The Morgan fingerprint density at radius 2 is 1.86 bits per heavy atom. The summed E-state index contributed by atoms with van der Waals surface area (Å²) < 4.78 is 0. The first-order chi connectivity index (χ1) is 10.1.